The molecule has 2 N–H and O–H groups in total. The smallest absolute Gasteiger partial charge is 0.271 e. The molecule has 0 spiro atoms. The number of nitrogens with one attached hydrogen (secondary N) is 2. The van der Waals surface area contributed by atoms with Gasteiger partial charge in [0.15, 0.2) is 0 Å². The number of H-pyrrole nitrogens is 2. The van der Waals surface area contributed by atoms with Crippen molar-refractivity contribution in [1.82, 2.24) is 14.5 Å². The summed E-state index contributed by atoms with van der Waals surface area (Å²) in [6.45, 7) is 2.38. The lowest BCUT2D eigenvalue weighted by molar-refractivity contribution is -0.650. The van der Waals surface area contributed by atoms with Crippen molar-refractivity contribution in [3.8, 4) is 0 Å². The maximum absolute atomic E-state index is 12.6. The number of hydrogen-bond donors (Lipinski definition) is 2. The van der Waals surface area contributed by atoms with E-state index in [0.29, 0.717) is 22.7 Å². The Kier molecular flexibility index (Phi) is 4.32. The molecule has 1 fully saturated rings. The lowest BCUT2D eigenvalue weighted by atomic mass is 10.1. The second-order valence-electron chi connectivity index (χ2n) is 6.72. The first-order valence-electron chi connectivity index (χ1n) is 8.79. The number of nitrogens with zero attached hydrogens (tertiary/aromatic N) is 3. The van der Waals surface area contributed by atoms with Gasteiger partial charge in [0.05, 0.1) is 19.6 Å². The van der Waals surface area contributed by atoms with Gasteiger partial charge in [0.2, 0.25) is 11.2 Å². The molecule has 0 unspecified atom stereocenters. The third-order valence-electron chi connectivity index (χ3n) is 4.97. The van der Waals surface area contributed by atoms with Gasteiger partial charge in [0, 0.05) is 12.1 Å². The van der Waals surface area contributed by atoms with E-state index in [1.165, 1.54) is 11.0 Å². The molecule has 0 atom stereocenters. The standard InChI is InChI=1S/C18H20ClN5O2/c1-22-15-14(16(25)21-18(22)26)24(11-12-5-7-13(19)8-6-12)17(20-15)23-9-3-2-4-10-23/h5-8H,2-4,9-11H2,1H3,(H,21,25,26)/p+1. The van der Waals surface area contributed by atoms with Crippen LogP contribution >= 0.6 is 11.6 Å². The molecule has 0 saturated carbocycles. The van der Waals surface area contributed by atoms with Crippen LogP contribution in [-0.4, -0.2) is 27.6 Å². The minimum absolute atomic E-state index is 0.378. The van der Waals surface area contributed by atoms with Crippen LogP contribution in [0.25, 0.3) is 11.2 Å². The molecule has 2 aromatic heterocycles. The Hall–Kier alpha value is -2.54. The predicted octanol–water partition coefficient (Wildman–Crippen LogP) is 1.53. The fourth-order valence-corrected chi connectivity index (χ4v) is 3.69. The van der Waals surface area contributed by atoms with Gasteiger partial charge in [0.1, 0.15) is 0 Å². The average molecular weight is 375 g/mol. The van der Waals surface area contributed by atoms with Gasteiger partial charge in [-0.05, 0) is 37.0 Å². The van der Waals surface area contributed by atoms with Crippen LogP contribution < -0.4 is 20.7 Å². The number of aromatic amines is 2. The van der Waals surface area contributed by atoms with Crippen LogP contribution in [0.4, 0.5) is 5.95 Å². The Balaban J connectivity index is 1.91. The highest BCUT2D eigenvalue weighted by Gasteiger charge is 2.29. The number of hydrogen-bond acceptors (Lipinski definition) is 3. The predicted molar refractivity (Wildman–Crippen MR) is 101 cm³/mol. The van der Waals surface area contributed by atoms with Crippen molar-refractivity contribution in [3.05, 3.63) is 55.7 Å². The number of anilines is 1. The largest absolute Gasteiger partial charge is 0.359 e. The Morgan fingerprint density at radius 1 is 1.08 bits per heavy atom. The fourth-order valence-electron chi connectivity index (χ4n) is 3.56. The Morgan fingerprint density at radius 2 is 1.77 bits per heavy atom. The Morgan fingerprint density at radius 3 is 2.46 bits per heavy atom. The van der Waals surface area contributed by atoms with E-state index in [1.54, 1.807) is 7.05 Å². The summed E-state index contributed by atoms with van der Waals surface area (Å²) in [6, 6.07) is 7.58. The molecule has 1 aromatic carbocycles. The van der Waals surface area contributed by atoms with E-state index in [0.717, 1.165) is 37.4 Å². The Bertz CT molecular complexity index is 1060. The molecule has 4 rings (SSSR count). The lowest BCUT2D eigenvalue weighted by Gasteiger charge is -2.22. The van der Waals surface area contributed by atoms with Crippen molar-refractivity contribution in [2.75, 3.05) is 18.0 Å². The third kappa shape index (κ3) is 2.92. The van der Waals surface area contributed by atoms with Gasteiger partial charge in [-0.15, -0.1) is 0 Å². The van der Waals surface area contributed by atoms with Crippen molar-refractivity contribution in [3.63, 3.8) is 0 Å². The maximum atomic E-state index is 12.6. The Labute approximate surface area is 154 Å². The molecule has 0 amide bonds. The summed E-state index contributed by atoms with van der Waals surface area (Å²) >= 11 is 5.99. The van der Waals surface area contributed by atoms with E-state index in [4.69, 9.17) is 11.6 Å². The molecule has 0 radical (unpaired) electrons. The maximum Gasteiger partial charge on any atom is 0.359 e. The van der Waals surface area contributed by atoms with Crippen molar-refractivity contribution in [2.45, 2.75) is 25.8 Å². The van der Waals surface area contributed by atoms with Crippen LogP contribution in [-0.2, 0) is 13.6 Å². The number of aryl methyl sites for hydroxylation is 1. The highest BCUT2D eigenvalue weighted by Crippen LogP contribution is 2.18. The molecule has 8 heteroatoms. The molecule has 7 nitrogen and oxygen atoms in total. The van der Waals surface area contributed by atoms with Crippen LogP contribution in [0.2, 0.25) is 5.02 Å². The first kappa shape index (κ1) is 16.9. The van der Waals surface area contributed by atoms with Crippen LogP contribution in [0.1, 0.15) is 24.8 Å². The molecule has 136 valence electrons. The van der Waals surface area contributed by atoms with Crippen molar-refractivity contribution in [1.29, 1.82) is 0 Å². The van der Waals surface area contributed by atoms with Gasteiger partial charge in [-0.1, -0.05) is 23.7 Å². The van der Waals surface area contributed by atoms with Gasteiger partial charge in [-0.25, -0.2) is 14.3 Å². The highest BCUT2D eigenvalue weighted by atomic mass is 35.5. The normalized spacial score (nSPS) is 14.9. The van der Waals surface area contributed by atoms with E-state index in [9.17, 15) is 9.59 Å². The molecular weight excluding hydrogens is 354 g/mol. The summed E-state index contributed by atoms with van der Waals surface area (Å²) < 4.78 is 3.41. The monoisotopic (exact) mass is 374 g/mol. The number of rotatable bonds is 3. The lowest BCUT2D eigenvalue weighted by Crippen LogP contribution is -2.46. The summed E-state index contributed by atoms with van der Waals surface area (Å²) in [4.78, 5) is 32.5. The summed E-state index contributed by atoms with van der Waals surface area (Å²) in [5.41, 5.74) is 1.24. The summed E-state index contributed by atoms with van der Waals surface area (Å²) in [7, 11) is 1.66. The van der Waals surface area contributed by atoms with Gasteiger partial charge in [-0.3, -0.25) is 19.2 Å². The average Bonchev–Trinajstić information content (AvgIpc) is 3.02. The van der Waals surface area contributed by atoms with Gasteiger partial charge < -0.3 is 0 Å². The first-order valence-corrected chi connectivity index (χ1v) is 9.16. The SMILES string of the molecule is Cn1c(=O)[nH]c(=O)c2c1[nH]c(N1CCCCC1)[n+]2Cc1ccc(Cl)cc1. The number of aromatic nitrogens is 4. The van der Waals surface area contributed by atoms with Crippen LogP contribution in [0.5, 0.6) is 0 Å². The van der Waals surface area contributed by atoms with Crippen molar-refractivity contribution < 1.29 is 4.57 Å². The van der Waals surface area contributed by atoms with Gasteiger partial charge >= 0.3 is 11.6 Å². The summed E-state index contributed by atoms with van der Waals surface area (Å²) in [6.07, 6.45) is 3.45. The minimum atomic E-state index is -0.424. The fraction of sp³-hybridized carbons (Fsp3) is 0.389. The second-order valence-corrected chi connectivity index (χ2v) is 7.16. The van der Waals surface area contributed by atoms with Crippen LogP contribution in [0.3, 0.4) is 0 Å². The van der Waals surface area contributed by atoms with Crippen LogP contribution in [0.15, 0.2) is 33.9 Å². The summed E-state index contributed by atoms with van der Waals surface area (Å²) in [5.74, 6) is 0.862. The van der Waals surface area contributed by atoms with Crippen molar-refractivity contribution >= 4 is 28.7 Å². The van der Waals surface area contributed by atoms with E-state index in [2.05, 4.69) is 14.9 Å². The molecule has 1 saturated heterocycles. The number of fused-ring (bicyclic) bond motifs is 1. The van der Waals surface area contributed by atoms with Crippen LogP contribution in [0, 0.1) is 0 Å². The molecule has 1 aliphatic heterocycles. The number of imidazole rings is 1. The van der Waals surface area contributed by atoms with Gasteiger partial charge in [0.25, 0.3) is 5.56 Å². The molecular formula is C18H21ClN5O2+. The first-order chi connectivity index (χ1) is 12.5. The highest BCUT2D eigenvalue weighted by molar-refractivity contribution is 6.30. The van der Waals surface area contributed by atoms with Crippen molar-refractivity contribution in [2.24, 2.45) is 7.05 Å². The van der Waals surface area contributed by atoms with E-state index < -0.39 is 5.69 Å². The topological polar surface area (TPSA) is 77.8 Å². The molecule has 26 heavy (non-hydrogen) atoms. The molecule has 0 bridgehead atoms. The number of benzene rings is 1. The van der Waals surface area contributed by atoms with E-state index in [-0.39, 0.29) is 5.56 Å². The quantitative estimate of drug-likeness (QED) is 0.682. The molecule has 3 aromatic rings. The minimum Gasteiger partial charge on any atom is -0.271 e. The zero-order valence-corrected chi connectivity index (χ0v) is 15.3. The molecule has 0 aliphatic carbocycles. The number of halogens is 1. The van der Waals surface area contributed by atoms with E-state index in [1.807, 2.05) is 28.8 Å². The molecule has 3 heterocycles. The number of piperidine rings is 1. The zero-order valence-electron chi connectivity index (χ0n) is 14.6. The van der Waals surface area contributed by atoms with Gasteiger partial charge in [-0.2, -0.15) is 0 Å². The third-order valence-corrected chi connectivity index (χ3v) is 5.22. The van der Waals surface area contributed by atoms with E-state index >= 15 is 0 Å². The molecule has 1 aliphatic rings. The zero-order chi connectivity index (χ0) is 18.3. The summed E-state index contributed by atoms with van der Waals surface area (Å²) in [5, 5.41) is 0.675. The second kappa shape index (κ2) is 6.64.